The highest BCUT2D eigenvalue weighted by molar-refractivity contribution is 5.39. The molecule has 0 rings (SSSR count). The zero-order valence-electron chi connectivity index (χ0n) is 5.05. The van der Waals surface area contributed by atoms with Crippen LogP contribution >= 0.6 is 0 Å². The molecule has 2 heteroatoms. The molecule has 1 radical (unpaired) electrons. The lowest BCUT2D eigenvalue weighted by Crippen LogP contribution is -1.79. The van der Waals surface area contributed by atoms with Crippen LogP contribution in [-0.2, 0) is 9.53 Å². The third-order valence-electron chi connectivity index (χ3n) is 0.580. The molecule has 8 heavy (non-hydrogen) atoms. The Labute approximate surface area is 49.1 Å². The number of rotatable bonds is 3. The molecule has 0 atom stereocenters. The summed E-state index contributed by atoms with van der Waals surface area (Å²) in [5, 5.41) is 0. The zero-order valence-corrected chi connectivity index (χ0v) is 5.05. The van der Waals surface area contributed by atoms with Gasteiger partial charge in [0.05, 0.1) is 6.26 Å². The predicted molar refractivity (Wildman–Crippen MR) is 30.8 cm³/mol. The molecule has 0 aromatic carbocycles. The van der Waals surface area contributed by atoms with E-state index in [1.165, 1.54) is 12.7 Å². The van der Waals surface area contributed by atoms with E-state index >= 15 is 0 Å². The van der Waals surface area contributed by atoms with Crippen LogP contribution in [-0.4, -0.2) is 6.47 Å². The molecule has 2 nitrogen and oxygen atoms in total. The fraction of sp³-hybridized carbons (Fsp3) is 0.500. The maximum absolute atomic E-state index is 9.39. The van der Waals surface area contributed by atoms with Gasteiger partial charge in [-0.25, -0.2) is 4.79 Å². The second-order valence-electron chi connectivity index (χ2n) is 1.77. The summed E-state index contributed by atoms with van der Waals surface area (Å²) in [7, 11) is 0. The minimum absolute atomic E-state index is 0.420. The first-order valence-electron chi connectivity index (χ1n) is 2.47. The van der Waals surface area contributed by atoms with E-state index in [0.717, 1.165) is 0 Å². The van der Waals surface area contributed by atoms with Crippen molar-refractivity contribution in [1.29, 1.82) is 0 Å². The molecule has 0 amide bonds. The Hall–Kier alpha value is -0.790. The smallest absolute Gasteiger partial charge is 0.422 e. The Bertz CT molecular complexity index is 84.5. The SMILES string of the molecule is CC(C)/C=C\O[C]=O. The lowest BCUT2D eigenvalue weighted by atomic mass is 10.2. The average molecular weight is 113 g/mol. The number of hydrogen-bond acceptors (Lipinski definition) is 2. The van der Waals surface area contributed by atoms with Crippen LogP contribution < -0.4 is 0 Å². The van der Waals surface area contributed by atoms with E-state index < -0.39 is 0 Å². The van der Waals surface area contributed by atoms with Crippen LogP contribution in [0.5, 0.6) is 0 Å². The van der Waals surface area contributed by atoms with Gasteiger partial charge in [0.25, 0.3) is 0 Å². The van der Waals surface area contributed by atoms with Crippen molar-refractivity contribution in [3.63, 3.8) is 0 Å². The summed E-state index contributed by atoms with van der Waals surface area (Å²) < 4.78 is 4.16. The Morgan fingerprint density at radius 3 is 2.62 bits per heavy atom. The van der Waals surface area contributed by atoms with Gasteiger partial charge in [0.1, 0.15) is 0 Å². The maximum atomic E-state index is 9.39. The van der Waals surface area contributed by atoms with Crippen molar-refractivity contribution >= 4 is 6.47 Å². The van der Waals surface area contributed by atoms with E-state index in [1.807, 2.05) is 13.8 Å². The van der Waals surface area contributed by atoms with Crippen molar-refractivity contribution < 1.29 is 9.53 Å². The Morgan fingerprint density at radius 2 is 2.25 bits per heavy atom. The maximum Gasteiger partial charge on any atom is 0.422 e. The van der Waals surface area contributed by atoms with Gasteiger partial charge in [0.15, 0.2) is 0 Å². The van der Waals surface area contributed by atoms with E-state index in [0.29, 0.717) is 5.92 Å². The molecule has 0 aliphatic carbocycles. The molecule has 0 unspecified atom stereocenters. The van der Waals surface area contributed by atoms with Gasteiger partial charge in [-0.3, -0.25) is 0 Å². The Balaban J connectivity index is 3.19. The topological polar surface area (TPSA) is 26.3 Å². The van der Waals surface area contributed by atoms with E-state index in [9.17, 15) is 4.79 Å². The second-order valence-corrected chi connectivity index (χ2v) is 1.77. The molecule has 0 aromatic rings. The van der Waals surface area contributed by atoms with Crippen molar-refractivity contribution in [1.82, 2.24) is 0 Å². The van der Waals surface area contributed by atoms with Gasteiger partial charge in [-0.05, 0) is 12.0 Å². The normalized spacial score (nSPS) is 10.4. The minimum atomic E-state index is 0.420. The third kappa shape index (κ3) is 5.21. The van der Waals surface area contributed by atoms with Crippen LogP contribution in [0.2, 0.25) is 0 Å². The monoisotopic (exact) mass is 113 g/mol. The lowest BCUT2D eigenvalue weighted by Gasteiger charge is -1.89. The van der Waals surface area contributed by atoms with Gasteiger partial charge in [-0.2, -0.15) is 0 Å². The van der Waals surface area contributed by atoms with E-state index in [2.05, 4.69) is 4.74 Å². The molecular formula is C6H9O2. The quantitative estimate of drug-likeness (QED) is 0.515. The molecule has 0 spiro atoms. The predicted octanol–water partition coefficient (Wildman–Crippen LogP) is 1.24. The first kappa shape index (κ1) is 7.21. The van der Waals surface area contributed by atoms with Gasteiger partial charge in [0.2, 0.25) is 0 Å². The van der Waals surface area contributed by atoms with Crippen LogP contribution in [0, 0.1) is 5.92 Å². The highest BCUT2D eigenvalue weighted by Gasteiger charge is 1.80. The summed E-state index contributed by atoms with van der Waals surface area (Å²) in [6.07, 6.45) is 3.10. The van der Waals surface area contributed by atoms with E-state index in [1.54, 1.807) is 6.08 Å². The van der Waals surface area contributed by atoms with Crippen molar-refractivity contribution in [2.75, 3.05) is 0 Å². The highest BCUT2D eigenvalue weighted by atomic mass is 16.5. The molecule has 0 bridgehead atoms. The number of hydrogen-bond donors (Lipinski definition) is 0. The molecule has 0 saturated carbocycles. The Kier molecular flexibility index (Phi) is 3.94. The van der Waals surface area contributed by atoms with Gasteiger partial charge in [0, 0.05) is 0 Å². The lowest BCUT2D eigenvalue weighted by molar-refractivity contribution is 0.395. The summed E-state index contributed by atoms with van der Waals surface area (Å²) in [5.41, 5.74) is 0. The molecule has 0 N–H and O–H groups in total. The minimum Gasteiger partial charge on any atom is -0.426 e. The van der Waals surface area contributed by atoms with Crippen molar-refractivity contribution in [2.45, 2.75) is 13.8 Å². The zero-order chi connectivity index (χ0) is 6.41. The van der Waals surface area contributed by atoms with Crippen molar-refractivity contribution in [3.8, 4) is 0 Å². The molecule has 0 aromatic heterocycles. The molecule has 0 saturated heterocycles. The largest absolute Gasteiger partial charge is 0.426 e. The van der Waals surface area contributed by atoms with Gasteiger partial charge in [-0.1, -0.05) is 13.8 Å². The van der Waals surface area contributed by atoms with Crippen molar-refractivity contribution in [2.24, 2.45) is 5.92 Å². The molecule has 0 fully saturated rings. The van der Waals surface area contributed by atoms with Crippen LogP contribution in [0.4, 0.5) is 0 Å². The third-order valence-corrected chi connectivity index (χ3v) is 0.580. The number of ether oxygens (including phenoxy) is 1. The van der Waals surface area contributed by atoms with Gasteiger partial charge >= 0.3 is 6.47 Å². The fourth-order valence-electron chi connectivity index (χ4n) is 0.224. The Morgan fingerprint density at radius 1 is 1.62 bits per heavy atom. The van der Waals surface area contributed by atoms with E-state index in [4.69, 9.17) is 0 Å². The summed E-state index contributed by atoms with van der Waals surface area (Å²) in [6, 6.07) is 0. The standard InChI is InChI=1S/C6H9O2/c1-6(2)3-4-8-5-7/h3-4,6H,1-2H3/b4-3-. The van der Waals surface area contributed by atoms with Crippen molar-refractivity contribution in [3.05, 3.63) is 12.3 Å². The molecular weight excluding hydrogens is 104 g/mol. The molecule has 0 heterocycles. The molecule has 45 valence electrons. The first-order chi connectivity index (χ1) is 3.77. The summed E-state index contributed by atoms with van der Waals surface area (Å²) in [5.74, 6) is 0.420. The second kappa shape index (κ2) is 4.37. The highest BCUT2D eigenvalue weighted by Crippen LogP contribution is 1.91. The molecule has 0 aliphatic heterocycles. The number of carbonyl (C=O) groups excluding carboxylic acids is 1. The summed E-state index contributed by atoms with van der Waals surface area (Å²) >= 11 is 0. The fourth-order valence-corrected chi connectivity index (χ4v) is 0.224. The van der Waals surface area contributed by atoms with Gasteiger partial charge < -0.3 is 4.74 Å². The van der Waals surface area contributed by atoms with Crippen LogP contribution in [0.3, 0.4) is 0 Å². The van der Waals surface area contributed by atoms with Crippen LogP contribution in [0.1, 0.15) is 13.8 Å². The van der Waals surface area contributed by atoms with Crippen LogP contribution in [0.15, 0.2) is 12.3 Å². The first-order valence-corrected chi connectivity index (χ1v) is 2.47. The average Bonchev–Trinajstić information content (AvgIpc) is 1.66. The summed E-state index contributed by atoms with van der Waals surface area (Å²) in [6.45, 7) is 5.27. The van der Waals surface area contributed by atoms with Crippen LogP contribution in [0.25, 0.3) is 0 Å². The van der Waals surface area contributed by atoms with E-state index in [-0.39, 0.29) is 0 Å². The summed E-state index contributed by atoms with van der Waals surface area (Å²) in [4.78, 5) is 9.39. The number of allylic oxidation sites excluding steroid dienone is 1. The van der Waals surface area contributed by atoms with Gasteiger partial charge in [-0.15, -0.1) is 0 Å². The molecule has 0 aliphatic rings.